The van der Waals surface area contributed by atoms with Crippen LogP contribution in [0.2, 0.25) is 0 Å². The molecule has 2 aliphatic carbocycles. The SMILES string of the molecule is COC(=O)c1ccc2c(C3CCCCC3)c3n(c2c1)CCOC1=CC(OC2CCCNC2)CC=C13. The number of aromatic nitrogens is 1. The van der Waals surface area contributed by atoms with Crippen molar-refractivity contribution in [2.24, 2.45) is 0 Å². The monoisotopic (exact) mass is 476 g/mol. The van der Waals surface area contributed by atoms with Crippen LogP contribution in [-0.4, -0.2) is 49.6 Å². The Bertz CT molecular complexity index is 1170. The van der Waals surface area contributed by atoms with Crippen LogP contribution >= 0.6 is 0 Å². The highest BCUT2D eigenvalue weighted by Gasteiger charge is 2.33. The van der Waals surface area contributed by atoms with Crippen LogP contribution in [0.25, 0.3) is 16.5 Å². The van der Waals surface area contributed by atoms with Crippen molar-refractivity contribution < 1.29 is 19.0 Å². The van der Waals surface area contributed by atoms with Gasteiger partial charge in [-0.05, 0) is 68.3 Å². The molecule has 2 atom stereocenters. The van der Waals surface area contributed by atoms with Crippen LogP contribution in [0.5, 0.6) is 0 Å². The first-order valence-electron chi connectivity index (χ1n) is 13.4. The highest BCUT2D eigenvalue weighted by molar-refractivity contribution is 5.99. The topological polar surface area (TPSA) is 61.7 Å². The van der Waals surface area contributed by atoms with Crippen molar-refractivity contribution >= 4 is 22.4 Å². The maximum atomic E-state index is 12.3. The summed E-state index contributed by atoms with van der Waals surface area (Å²) in [6.07, 6.45) is 14.3. The van der Waals surface area contributed by atoms with Gasteiger partial charge < -0.3 is 24.1 Å². The molecule has 35 heavy (non-hydrogen) atoms. The minimum Gasteiger partial charge on any atom is -0.491 e. The number of fused-ring (bicyclic) bond motifs is 5. The van der Waals surface area contributed by atoms with Gasteiger partial charge in [0.15, 0.2) is 0 Å². The summed E-state index contributed by atoms with van der Waals surface area (Å²) in [5.74, 6) is 1.20. The molecule has 6 nitrogen and oxygen atoms in total. The van der Waals surface area contributed by atoms with Gasteiger partial charge in [0.2, 0.25) is 0 Å². The quantitative estimate of drug-likeness (QED) is 0.606. The normalized spacial score (nSPS) is 25.1. The summed E-state index contributed by atoms with van der Waals surface area (Å²) in [5, 5.41) is 4.72. The van der Waals surface area contributed by atoms with Crippen LogP contribution in [-0.2, 0) is 20.8 Å². The van der Waals surface area contributed by atoms with Gasteiger partial charge in [-0.1, -0.05) is 31.4 Å². The van der Waals surface area contributed by atoms with Crippen molar-refractivity contribution in [3.05, 3.63) is 52.9 Å². The van der Waals surface area contributed by atoms with E-state index in [9.17, 15) is 4.79 Å². The van der Waals surface area contributed by atoms with Gasteiger partial charge in [0.05, 0.1) is 37.1 Å². The van der Waals surface area contributed by atoms with Gasteiger partial charge in [0.25, 0.3) is 0 Å². The molecule has 1 aromatic heterocycles. The van der Waals surface area contributed by atoms with Crippen molar-refractivity contribution in [2.45, 2.75) is 76.0 Å². The Morgan fingerprint density at radius 1 is 1.14 bits per heavy atom. The number of carbonyl (C=O) groups is 1. The van der Waals surface area contributed by atoms with E-state index >= 15 is 0 Å². The number of hydrogen-bond donors (Lipinski definition) is 1. The number of benzene rings is 1. The Morgan fingerprint density at radius 2 is 2.03 bits per heavy atom. The van der Waals surface area contributed by atoms with Crippen LogP contribution in [0, 0.1) is 0 Å². The lowest BCUT2D eigenvalue weighted by atomic mass is 9.81. The predicted molar refractivity (Wildman–Crippen MR) is 136 cm³/mol. The summed E-state index contributed by atoms with van der Waals surface area (Å²) in [7, 11) is 1.44. The van der Waals surface area contributed by atoms with E-state index in [1.807, 2.05) is 12.1 Å². The number of hydrogen-bond acceptors (Lipinski definition) is 5. The molecule has 1 saturated heterocycles. The van der Waals surface area contributed by atoms with Crippen LogP contribution < -0.4 is 5.32 Å². The zero-order valence-electron chi connectivity index (χ0n) is 20.7. The summed E-state index contributed by atoms with van der Waals surface area (Å²) in [6, 6.07) is 6.07. The average molecular weight is 477 g/mol. The summed E-state index contributed by atoms with van der Waals surface area (Å²) >= 11 is 0. The fourth-order valence-electron chi connectivity index (χ4n) is 6.47. The number of piperidine rings is 1. The Balaban J connectivity index is 1.42. The second-order valence-corrected chi connectivity index (χ2v) is 10.3. The molecule has 0 radical (unpaired) electrons. The van der Waals surface area contributed by atoms with E-state index in [1.54, 1.807) is 0 Å². The lowest BCUT2D eigenvalue weighted by Crippen LogP contribution is -2.37. The molecule has 2 aromatic rings. The zero-order chi connectivity index (χ0) is 23.8. The highest BCUT2D eigenvalue weighted by atomic mass is 16.5. The summed E-state index contributed by atoms with van der Waals surface area (Å²) in [6.45, 7) is 3.38. The van der Waals surface area contributed by atoms with Gasteiger partial charge in [0, 0.05) is 23.0 Å². The molecule has 0 amide bonds. The fraction of sp³-hybridized carbons (Fsp3) is 0.552. The van der Waals surface area contributed by atoms with Gasteiger partial charge in [-0.3, -0.25) is 0 Å². The van der Waals surface area contributed by atoms with Gasteiger partial charge >= 0.3 is 5.97 Å². The maximum absolute atomic E-state index is 12.3. The van der Waals surface area contributed by atoms with Crippen molar-refractivity contribution in [1.29, 1.82) is 0 Å². The molecule has 0 spiro atoms. The Kier molecular flexibility index (Phi) is 6.42. The lowest BCUT2D eigenvalue weighted by Gasteiger charge is -2.29. The minimum atomic E-state index is -0.291. The zero-order valence-corrected chi connectivity index (χ0v) is 20.7. The molecule has 6 rings (SSSR count). The van der Waals surface area contributed by atoms with Crippen molar-refractivity contribution in [3.8, 4) is 0 Å². The summed E-state index contributed by atoms with van der Waals surface area (Å²) in [5.41, 5.74) is 5.63. The molecule has 6 heteroatoms. The Labute approximate surface area is 207 Å². The number of ether oxygens (including phenoxy) is 3. The van der Waals surface area contributed by atoms with Crippen LogP contribution in [0.3, 0.4) is 0 Å². The molecule has 186 valence electrons. The van der Waals surface area contributed by atoms with E-state index in [2.05, 4.69) is 28.1 Å². The molecular formula is C29H36N2O4. The lowest BCUT2D eigenvalue weighted by molar-refractivity contribution is -0.000264. The van der Waals surface area contributed by atoms with E-state index in [0.717, 1.165) is 43.8 Å². The molecule has 2 fully saturated rings. The van der Waals surface area contributed by atoms with Gasteiger partial charge in [-0.25, -0.2) is 4.79 Å². The molecule has 1 N–H and O–H groups in total. The predicted octanol–water partition coefficient (Wildman–Crippen LogP) is 5.31. The number of nitrogens with zero attached hydrogens (tertiary/aromatic N) is 1. The minimum absolute atomic E-state index is 0.0543. The molecule has 0 bridgehead atoms. The maximum Gasteiger partial charge on any atom is 0.337 e. The molecule has 1 aromatic carbocycles. The van der Waals surface area contributed by atoms with E-state index in [4.69, 9.17) is 14.2 Å². The van der Waals surface area contributed by atoms with E-state index in [1.165, 1.54) is 67.9 Å². The van der Waals surface area contributed by atoms with Crippen molar-refractivity contribution in [2.75, 3.05) is 26.8 Å². The Hall–Kier alpha value is -2.57. The van der Waals surface area contributed by atoms with Gasteiger partial charge in [-0.15, -0.1) is 0 Å². The number of methoxy groups -OCH3 is 1. The first-order chi connectivity index (χ1) is 17.2. The first kappa shape index (κ1) is 22.9. The van der Waals surface area contributed by atoms with E-state index < -0.39 is 0 Å². The van der Waals surface area contributed by atoms with E-state index in [-0.39, 0.29) is 18.2 Å². The second kappa shape index (κ2) is 9.82. The van der Waals surface area contributed by atoms with Crippen molar-refractivity contribution in [1.82, 2.24) is 9.88 Å². The molecule has 2 unspecified atom stereocenters. The molecule has 4 aliphatic rings. The number of nitrogens with one attached hydrogen (secondary N) is 1. The molecular weight excluding hydrogens is 440 g/mol. The third kappa shape index (κ3) is 4.31. The number of rotatable bonds is 4. The highest BCUT2D eigenvalue weighted by Crippen LogP contribution is 2.46. The van der Waals surface area contributed by atoms with Gasteiger partial charge in [-0.2, -0.15) is 0 Å². The van der Waals surface area contributed by atoms with Crippen LogP contribution in [0.4, 0.5) is 0 Å². The van der Waals surface area contributed by atoms with Gasteiger partial charge in [0.1, 0.15) is 12.4 Å². The largest absolute Gasteiger partial charge is 0.491 e. The molecule has 1 saturated carbocycles. The first-order valence-corrected chi connectivity index (χ1v) is 13.4. The molecule has 3 heterocycles. The number of esters is 1. The summed E-state index contributed by atoms with van der Waals surface area (Å²) in [4.78, 5) is 12.3. The fourth-order valence-corrected chi connectivity index (χ4v) is 6.47. The number of allylic oxidation sites excluding steroid dienone is 1. The third-order valence-electron chi connectivity index (χ3n) is 8.14. The van der Waals surface area contributed by atoms with E-state index in [0.29, 0.717) is 18.1 Å². The second-order valence-electron chi connectivity index (χ2n) is 10.3. The van der Waals surface area contributed by atoms with Crippen LogP contribution in [0.15, 0.2) is 36.1 Å². The molecule has 2 aliphatic heterocycles. The third-order valence-corrected chi connectivity index (χ3v) is 8.14. The smallest absolute Gasteiger partial charge is 0.337 e. The van der Waals surface area contributed by atoms with Crippen molar-refractivity contribution in [3.63, 3.8) is 0 Å². The number of carbonyl (C=O) groups excluding carboxylic acids is 1. The van der Waals surface area contributed by atoms with Crippen LogP contribution in [0.1, 0.15) is 78.9 Å². The standard InChI is InChI=1S/C29H36N2O4/c1-33-29(32)20-9-11-23-25(16-20)31-14-15-34-26-17-21(35-22-8-5-13-30-18-22)10-12-24(26)28(31)27(23)19-6-3-2-4-7-19/h9,11-12,16-17,19,21-22,30H,2-8,10,13-15,18H2,1H3. The Morgan fingerprint density at radius 3 is 2.83 bits per heavy atom. The average Bonchev–Trinajstić information content (AvgIpc) is 3.10. The summed E-state index contributed by atoms with van der Waals surface area (Å²) < 4.78 is 20.2.